The summed E-state index contributed by atoms with van der Waals surface area (Å²) in [6.07, 6.45) is 0.520. The molecular formula is C21H22INO6. The van der Waals surface area contributed by atoms with Crippen molar-refractivity contribution < 1.29 is 28.7 Å². The number of para-hydroxylation sites is 1. The van der Waals surface area contributed by atoms with E-state index in [0.717, 1.165) is 0 Å². The lowest BCUT2D eigenvalue weighted by Crippen LogP contribution is -2.56. The highest BCUT2D eigenvalue weighted by atomic mass is 127. The van der Waals surface area contributed by atoms with Gasteiger partial charge in [-0.25, -0.2) is 4.79 Å². The van der Waals surface area contributed by atoms with E-state index in [-0.39, 0.29) is 11.0 Å². The van der Waals surface area contributed by atoms with Crippen LogP contribution < -0.4 is 10.2 Å². The fraction of sp³-hybridized carbons (Fsp3) is 0.286. The molecule has 1 N–H and O–H groups in total. The monoisotopic (exact) mass is 511 g/mol. The van der Waals surface area contributed by atoms with E-state index in [1.165, 1.54) is 0 Å². The zero-order valence-corrected chi connectivity index (χ0v) is 18.3. The van der Waals surface area contributed by atoms with Crippen molar-refractivity contribution in [2.75, 3.05) is 4.61 Å². The number of ether oxygens (including phenoxy) is 2. The summed E-state index contributed by atoms with van der Waals surface area (Å²) in [6, 6.07) is 15.2. The molecule has 0 aliphatic rings. The van der Waals surface area contributed by atoms with Crippen molar-refractivity contribution in [2.45, 2.75) is 26.0 Å². The smallest absolute Gasteiger partial charge is 0.356 e. The van der Waals surface area contributed by atoms with Crippen molar-refractivity contribution in [3.05, 3.63) is 65.7 Å². The zero-order valence-electron chi connectivity index (χ0n) is 16.1. The largest absolute Gasteiger partial charge is 0.462 e. The van der Waals surface area contributed by atoms with Gasteiger partial charge < -0.3 is 14.3 Å². The molecule has 154 valence electrons. The van der Waals surface area contributed by atoms with Crippen LogP contribution in [0.3, 0.4) is 0 Å². The number of halogens is 1. The predicted octanol–water partition coefficient (Wildman–Crippen LogP) is 3.46. The predicted molar refractivity (Wildman–Crippen MR) is 114 cm³/mol. The molecule has 2 rings (SSSR count). The maximum atomic E-state index is 12.2. The molecule has 0 heterocycles. The van der Waals surface area contributed by atoms with E-state index in [1.807, 2.05) is 22.6 Å². The summed E-state index contributed by atoms with van der Waals surface area (Å²) in [5, 5.41) is 0. The van der Waals surface area contributed by atoms with E-state index in [1.54, 1.807) is 68.4 Å². The van der Waals surface area contributed by atoms with Crippen molar-refractivity contribution in [2.24, 2.45) is 5.92 Å². The fourth-order valence-electron chi connectivity index (χ4n) is 2.40. The number of benzene rings is 2. The number of carbonyl (C=O) groups is 3. The van der Waals surface area contributed by atoms with E-state index in [0.29, 0.717) is 23.2 Å². The van der Waals surface area contributed by atoms with Gasteiger partial charge in [-0.3, -0.25) is 9.59 Å². The molecule has 0 saturated heterocycles. The average molecular weight is 511 g/mol. The van der Waals surface area contributed by atoms with Gasteiger partial charge in [0, 0.05) is 11.5 Å². The van der Waals surface area contributed by atoms with Crippen LogP contribution in [-0.2, 0) is 25.6 Å². The van der Waals surface area contributed by atoms with Crippen LogP contribution in [-0.4, -0.2) is 28.6 Å². The SMILES string of the molecule is CC(C)C(C=O)(NOC(=O)c1ccccc1)Oc1ccccc1CC(=O)OCI. The van der Waals surface area contributed by atoms with Crippen molar-refractivity contribution in [1.29, 1.82) is 0 Å². The molecule has 0 aliphatic heterocycles. The second-order valence-corrected chi connectivity index (χ2v) is 7.06. The quantitative estimate of drug-likeness (QED) is 0.131. The van der Waals surface area contributed by atoms with Gasteiger partial charge in [0.1, 0.15) is 10.4 Å². The Kier molecular flexibility index (Phi) is 8.59. The molecular weight excluding hydrogens is 489 g/mol. The van der Waals surface area contributed by atoms with Gasteiger partial charge in [0.15, 0.2) is 6.29 Å². The molecule has 1 unspecified atom stereocenters. The first-order valence-corrected chi connectivity index (χ1v) is 10.4. The van der Waals surface area contributed by atoms with Gasteiger partial charge in [0.05, 0.1) is 12.0 Å². The lowest BCUT2D eigenvalue weighted by atomic mass is 10.0. The first-order chi connectivity index (χ1) is 13.9. The van der Waals surface area contributed by atoms with E-state index in [9.17, 15) is 14.4 Å². The first-order valence-electron chi connectivity index (χ1n) is 8.90. The third-order valence-electron chi connectivity index (χ3n) is 4.15. The van der Waals surface area contributed by atoms with Crippen molar-refractivity contribution >= 4 is 40.8 Å². The Morgan fingerprint density at radius 1 is 1.10 bits per heavy atom. The lowest BCUT2D eigenvalue weighted by Gasteiger charge is -2.33. The van der Waals surface area contributed by atoms with Gasteiger partial charge in [-0.1, -0.05) is 50.2 Å². The number of alkyl halides is 1. The molecule has 0 spiro atoms. The summed E-state index contributed by atoms with van der Waals surface area (Å²) in [5.74, 6) is -1.17. The number of hydrogen-bond donors (Lipinski definition) is 1. The van der Waals surface area contributed by atoms with Crippen LogP contribution in [0.4, 0.5) is 0 Å². The molecule has 0 saturated carbocycles. The molecule has 0 aromatic heterocycles. The van der Waals surface area contributed by atoms with Crippen LogP contribution in [0.5, 0.6) is 5.75 Å². The third kappa shape index (κ3) is 6.26. The topological polar surface area (TPSA) is 90.9 Å². The molecule has 8 heteroatoms. The number of esters is 1. The van der Waals surface area contributed by atoms with Crippen LogP contribution in [0.25, 0.3) is 0 Å². The summed E-state index contributed by atoms with van der Waals surface area (Å²) in [4.78, 5) is 41.2. The molecule has 0 fully saturated rings. The second kappa shape index (κ2) is 10.9. The van der Waals surface area contributed by atoms with Crippen molar-refractivity contribution in [3.8, 4) is 5.75 Å². The molecule has 0 amide bonds. The Morgan fingerprint density at radius 3 is 2.38 bits per heavy atom. The summed E-state index contributed by atoms with van der Waals surface area (Å²) in [5.41, 5.74) is 1.70. The van der Waals surface area contributed by atoms with Gasteiger partial charge in [-0.2, -0.15) is 0 Å². The van der Waals surface area contributed by atoms with Crippen LogP contribution >= 0.6 is 22.6 Å². The molecule has 7 nitrogen and oxygen atoms in total. The highest BCUT2D eigenvalue weighted by molar-refractivity contribution is 14.1. The molecule has 0 radical (unpaired) electrons. The van der Waals surface area contributed by atoms with Crippen molar-refractivity contribution in [1.82, 2.24) is 5.48 Å². The molecule has 0 aliphatic carbocycles. The number of hydroxylamine groups is 1. The normalized spacial score (nSPS) is 12.7. The minimum atomic E-state index is -1.65. The highest BCUT2D eigenvalue weighted by Crippen LogP contribution is 2.26. The molecule has 2 aromatic carbocycles. The van der Waals surface area contributed by atoms with E-state index in [4.69, 9.17) is 14.3 Å². The van der Waals surface area contributed by atoms with Crippen LogP contribution in [0.15, 0.2) is 54.6 Å². The highest BCUT2D eigenvalue weighted by Gasteiger charge is 2.38. The minimum Gasteiger partial charge on any atom is -0.462 e. The van der Waals surface area contributed by atoms with Gasteiger partial charge in [0.25, 0.3) is 0 Å². The summed E-state index contributed by atoms with van der Waals surface area (Å²) in [6.45, 7) is 3.48. The molecule has 2 aromatic rings. The summed E-state index contributed by atoms with van der Waals surface area (Å²) in [7, 11) is 0. The maximum absolute atomic E-state index is 12.2. The Labute approximate surface area is 182 Å². The van der Waals surface area contributed by atoms with Crippen LogP contribution in [0, 0.1) is 5.92 Å². The Bertz CT molecular complexity index is 842. The number of nitrogens with one attached hydrogen (secondary N) is 1. The van der Waals surface area contributed by atoms with Gasteiger partial charge >= 0.3 is 11.9 Å². The number of rotatable bonds is 10. The summed E-state index contributed by atoms with van der Waals surface area (Å²) < 4.78 is 11.2. The average Bonchev–Trinajstić information content (AvgIpc) is 2.72. The van der Waals surface area contributed by atoms with E-state index >= 15 is 0 Å². The Hall–Kier alpha value is -2.46. The number of hydrogen-bond acceptors (Lipinski definition) is 7. The van der Waals surface area contributed by atoms with Gasteiger partial charge in [0.2, 0.25) is 5.72 Å². The van der Waals surface area contributed by atoms with Crippen LogP contribution in [0.2, 0.25) is 0 Å². The first kappa shape index (κ1) is 22.8. The number of carbonyl (C=O) groups excluding carboxylic acids is 3. The maximum Gasteiger partial charge on any atom is 0.356 e. The third-order valence-corrected chi connectivity index (χ3v) is 4.46. The second-order valence-electron chi connectivity index (χ2n) is 6.44. The van der Waals surface area contributed by atoms with E-state index in [2.05, 4.69) is 5.48 Å². The summed E-state index contributed by atoms with van der Waals surface area (Å²) >= 11 is 1.93. The molecule has 0 bridgehead atoms. The lowest BCUT2D eigenvalue weighted by molar-refractivity contribution is -0.145. The fourth-order valence-corrected chi connectivity index (χ4v) is 2.75. The molecule has 29 heavy (non-hydrogen) atoms. The zero-order chi connectivity index (χ0) is 21.3. The van der Waals surface area contributed by atoms with Crippen molar-refractivity contribution in [3.63, 3.8) is 0 Å². The Morgan fingerprint density at radius 2 is 1.76 bits per heavy atom. The number of aldehydes is 1. The van der Waals surface area contributed by atoms with Crippen LogP contribution in [0.1, 0.15) is 29.8 Å². The van der Waals surface area contributed by atoms with Gasteiger partial charge in [-0.05, 0) is 40.8 Å². The minimum absolute atomic E-state index is 0.0178. The van der Waals surface area contributed by atoms with E-state index < -0.39 is 23.6 Å². The Balaban J connectivity index is 2.21. The van der Waals surface area contributed by atoms with Gasteiger partial charge in [-0.15, -0.1) is 5.48 Å². The molecule has 1 atom stereocenters. The standard InChI is InChI=1S/C21H22INO6/c1-15(2)21(13-24,23-29-20(26)16-8-4-3-5-9-16)28-18-11-7-6-10-17(18)12-19(25)27-14-22/h3-11,13,15,23H,12,14H2,1-2H3.